The Hall–Kier alpha value is -9.04. The lowest BCUT2D eigenvalue weighted by Gasteiger charge is -2.20. The molecule has 0 aromatic carbocycles. The molecule has 8 N–H and O–H groups in total. The van der Waals surface area contributed by atoms with Crippen molar-refractivity contribution in [1.82, 2.24) is 39.9 Å². The molecule has 0 amide bonds. The highest BCUT2D eigenvalue weighted by atomic mass is 16.5. The van der Waals surface area contributed by atoms with Crippen molar-refractivity contribution in [3.63, 3.8) is 0 Å². The maximum Gasteiger partial charge on any atom is 0.303 e. The second kappa shape index (κ2) is 24.7. The maximum absolute atomic E-state index is 12.2. The van der Waals surface area contributed by atoms with Crippen molar-refractivity contribution < 1.29 is 53.8 Å². The highest BCUT2D eigenvalue weighted by molar-refractivity contribution is 5.98. The summed E-state index contributed by atoms with van der Waals surface area (Å²) in [6, 6.07) is 15.8. The topological polar surface area (TPSA) is 292 Å². The summed E-state index contributed by atoms with van der Waals surface area (Å²) in [4.78, 5) is 83.7. The van der Waals surface area contributed by atoms with Gasteiger partial charge in [0.1, 0.15) is 0 Å². The third kappa shape index (κ3) is 12.1. The molecule has 4 aliphatic rings. The fourth-order valence-corrected chi connectivity index (χ4v) is 12.7. The van der Waals surface area contributed by atoms with Crippen molar-refractivity contribution in [2.75, 3.05) is 27.4 Å². The van der Waals surface area contributed by atoms with Gasteiger partial charge in [0, 0.05) is 106 Å². The molecule has 2 unspecified atom stereocenters. The minimum absolute atomic E-state index is 0.0968. The van der Waals surface area contributed by atoms with Crippen LogP contribution in [0.15, 0.2) is 48.5 Å². The van der Waals surface area contributed by atoms with E-state index in [0.717, 1.165) is 122 Å². The average molecular weight is 1180 g/mol. The molecule has 10 heterocycles. The number of aromatic amines is 4. The SMILES string of the molecule is COCC1=C(C)c2cc3[nH]c(cc4nc(cc5[nH]c(cc1n2)c(C)c5C(C)OC(C)c1c(C)c2cc5nc(cc6nc(cc7[nH]c(cc1[nH]2)c(C)c7CCC(=O)O)C(CCC(=O)O)=C6C)C(C)=C5COC)C(C)=C4CCC(=O)O)c(CCC(=O)O)c3C. The van der Waals surface area contributed by atoms with Gasteiger partial charge < -0.3 is 54.6 Å². The van der Waals surface area contributed by atoms with Crippen LogP contribution in [0.25, 0.3) is 88.7 Å². The van der Waals surface area contributed by atoms with Crippen molar-refractivity contribution in [3.8, 4) is 0 Å². The van der Waals surface area contributed by atoms with Crippen LogP contribution in [0.1, 0.15) is 182 Å². The molecule has 19 nitrogen and oxygen atoms in total. The quantitative estimate of drug-likeness (QED) is 0.0353. The van der Waals surface area contributed by atoms with Crippen LogP contribution < -0.4 is 0 Å². The summed E-state index contributed by atoms with van der Waals surface area (Å²) in [5.74, 6) is -3.75. The van der Waals surface area contributed by atoms with E-state index >= 15 is 0 Å². The number of aromatic nitrogens is 8. The summed E-state index contributed by atoms with van der Waals surface area (Å²) >= 11 is 0. The number of aliphatic carboxylic acids is 4. The van der Waals surface area contributed by atoms with Crippen molar-refractivity contribution in [1.29, 1.82) is 0 Å². The van der Waals surface area contributed by atoms with E-state index in [-0.39, 0.29) is 58.0 Å². The lowest BCUT2D eigenvalue weighted by molar-refractivity contribution is -0.138. The number of ether oxygens (including phenoxy) is 3. The van der Waals surface area contributed by atoms with Crippen LogP contribution in [0.2, 0.25) is 0 Å². The second-order valence-corrected chi connectivity index (χ2v) is 23.1. The van der Waals surface area contributed by atoms with Crippen LogP contribution in [0, 0.1) is 27.7 Å². The molecule has 0 saturated carbocycles. The molecule has 87 heavy (non-hydrogen) atoms. The van der Waals surface area contributed by atoms with Crippen LogP contribution in [-0.4, -0.2) is 112 Å². The molecule has 10 rings (SSSR count). The van der Waals surface area contributed by atoms with Crippen molar-refractivity contribution in [3.05, 3.63) is 139 Å². The monoisotopic (exact) mass is 1180 g/mol. The molecule has 4 aliphatic heterocycles. The van der Waals surface area contributed by atoms with E-state index in [1.165, 1.54) is 0 Å². The number of allylic oxidation sites excluding steroid dienone is 6. The van der Waals surface area contributed by atoms with Gasteiger partial charge in [0.05, 0.1) is 71.0 Å². The van der Waals surface area contributed by atoms with Gasteiger partial charge in [0.25, 0.3) is 0 Å². The summed E-state index contributed by atoms with van der Waals surface area (Å²) in [5, 5.41) is 39.6. The van der Waals surface area contributed by atoms with Gasteiger partial charge >= 0.3 is 23.9 Å². The molecule has 0 aliphatic carbocycles. The number of nitrogens with zero attached hydrogens (tertiary/aromatic N) is 4. The van der Waals surface area contributed by atoms with Gasteiger partial charge in [-0.25, -0.2) is 19.9 Å². The zero-order chi connectivity index (χ0) is 62.4. The Bertz CT molecular complexity index is 4390. The first kappa shape index (κ1) is 61.1. The standard InChI is InChI=1S/C68H74N8O11/c1-31-41(13-17-63(77)78)55-27-57-43(15-19-65(81)82)33(3)51(71-57)25-61-67(37(7)53(75-61)23-59-45(29-85-11)35(5)49(73-59)21-47(31)69-55)39(9)87-40(10)68-38(8)54-24-60-46(30-86-12)36(6)50(74-60)22-48-32(2)42(14-18-64(79)80)56(70-48)28-58-44(16-20-66(83)84)34(4)52(72-58)26-62(68)76-54/h21-28,39-40,69,72,75-76H,13-20,29-30H2,1-12H3,(H,77,78)(H,79,80)(H,81,82)(H,83,84). The number of methoxy groups -OCH3 is 2. The van der Waals surface area contributed by atoms with Crippen molar-refractivity contribution >= 4 is 113 Å². The van der Waals surface area contributed by atoms with Crippen LogP contribution >= 0.6 is 0 Å². The smallest absolute Gasteiger partial charge is 0.303 e. The molecule has 6 aromatic heterocycles. The molecule has 6 aromatic rings. The van der Waals surface area contributed by atoms with Gasteiger partial charge in [-0.15, -0.1) is 0 Å². The fourth-order valence-electron chi connectivity index (χ4n) is 12.7. The zero-order valence-electron chi connectivity index (χ0n) is 51.3. The molecule has 16 bridgehead atoms. The van der Waals surface area contributed by atoms with Crippen LogP contribution in [0.5, 0.6) is 0 Å². The van der Waals surface area contributed by atoms with Gasteiger partial charge in [-0.2, -0.15) is 0 Å². The van der Waals surface area contributed by atoms with E-state index in [0.29, 0.717) is 63.2 Å². The number of nitrogens with one attached hydrogen (secondary N) is 4. The fraction of sp³-hybridized carbons (Fsp3) is 0.353. The van der Waals surface area contributed by atoms with E-state index in [9.17, 15) is 39.6 Å². The van der Waals surface area contributed by atoms with Gasteiger partial charge in [0.2, 0.25) is 0 Å². The number of hydrogen-bond donors (Lipinski definition) is 8. The lowest BCUT2D eigenvalue weighted by Crippen LogP contribution is -2.06. The predicted molar refractivity (Wildman–Crippen MR) is 338 cm³/mol. The lowest BCUT2D eigenvalue weighted by atomic mass is 9.99. The molecular weight excluding hydrogens is 1100 g/mol. The highest BCUT2D eigenvalue weighted by Crippen LogP contribution is 2.42. The van der Waals surface area contributed by atoms with E-state index in [1.54, 1.807) is 14.2 Å². The third-order valence-corrected chi connectivity index (χ3v) is 17.6. The Morgan fingerprint density at radius 1 is 0.379 bits per heavy atom. The second-order valence-electron chi connectivity index (χ2n) is 23.1. The number of carbonyl (C=O) groups is 4. The normalized spacial score (nSPS) is 14.2. The van der Waals surface area contributed by atoms with Crippen LogP contribution in [-0.2, 0) is 46.2 Å². The summed E-state index contributed by atoms with van der Waals surface area (Å²) < 4.78 is 18.9. The molecular formula is C68H74N8O11. The Kier molecular flexibility index (Phi) is 17.4. The largest absolute Gasteiger partial charge is 0.481 e. The summed E-state index contributed by atoms with van der Waals surface area (Å²) in [6.07, 6.45) is -0.680. The predicted octanol–water partition coefficient (Wildman–Crippen LogP) is 13.8. The molecule has 19 heteroatoms. The molecule has 2 atom stereocenters. The van der Waals surface area contributed by atoms with Gasteiger partial charge in [-0.05, 0) is 210 Å². The van der Waals surface area contributed by atoms with Crippen molar-refractivity contribution in [2.45, 2.75) is 133 Å². The van der Waals surface area contributed by atoms with Crippen LogP contribution in [0.4, 0.5) is 0 Å². The van der Waals surface area contributed by atoms with E-state index in [1.807, 2.05) is 111 Å². The van der Waals surface area contributed by atoms with E-state index < -0.39 is 36.1 Å². The first-order chi connectivity index (χ1) is 41.4. The van der Waals surface area contributed by atoms with E-state index in [4.69, 9.17) is 34.1 Å². The van der Waals surface area contributed by atoms with Crippen molar-refractivity contribution in [2.24, 2.45) is 0 Å². The number of H-pyrrole nitrogens is 4. The van der Waals surface area contributed by atoms with Gasteiger partial charge in [-0.1, -0.05) is 0 Å². The Balaban J connectivity index is 1.20. The number of rotatable bonds is 20. The number of carboxylic acids is 4. The Morgan fingerprint density at radius 3 is 1.06 bits per heavy atom. The third-order valence-electron chi connectivity index (χ3n) is 17.6. The average Bonchev–Trinajstić information content (AvgIpc) is 1.77. The maximum atomic E-state index is 12.2. The summed E-state index contributed by atoms with van der Waals surface area (Å²) in [5.41, 5.74) is 24.8. The van der Waals surface area contributed by atoms with Gasteiger partial charge in [-0.3, -0.25) is 19.2 Å². The molecule has 0 spiro atoms. The first-order valence-corrected chi connectivity index (χ1v) is 29.3. The number of hydrogen-bond acceptors (Lipinski definition) is 11. The molecule has 0 radical (unpaired) electrons. The Morgan fingerprint density at radius 2 is 0.667 bits per heavy atom. The molecule has 0 fully saturated rings. The number of carboxylic acid groups (broad SMARTS) is 4. The minimum atomic E-state index is -0.946. The number of fused-ring (bicyclic) bond motifs is 16. The van der Waals surface area contributed by atoms with Gasteiger partial charge in [0.15, 0.2) is 0 Å². The Labute approximate surface area is 503 Å². The summed E-state index contributed by atoms with van der Waals surface area (Å²) in [6.45, 7) is 20.5. The first-order valence-electron chi connectivity index (χ1n) is 29.3. The summed E-state index contributed by atoms with van der Waals surface area (Å²) in [7, 11) is 3.30. The molecule has 452 valence electrons. The van der Waals surface area contributed by atoms with E-state index in [2.05, 4.69) is 26.9 Å². The zero-order valence-corrected chi connectivity index (χ0v) is 51.3. The molecule has 0 saturated heterocycles. The highest BCUT2D eigenvalue weighted by Gasteiger charge is 2.28. The van der Waals surface area contributed by atoms with Crippen LogP contribution in [0.3, 0.4) is 0 Å². The number of aryl methyl sites for hydroxylation is 6. The minimum Gasteiger partial charge on any atom is -0.481 e.